The van der Waals surface area contributed by atoms with Gasteiger partial charge >= 0.3 is 0 Å². The van der Waals surface area contributed by atoms with E-state index in [1.165, 1.54) is 33.5 Å². The summed E-state index contributed by atoms with van der Waals surface area (Å²) < 4.78 is 34.7. The van der Waals surface area contributed by atoms with Crippen LogP contribution in [0.15, 0.2) is 40.9 Å². The topological polar surface area (TPSA) is 86.9 Å². The van der Waals surface area contributed by atoms with Gasteiger partial charge < -0.3 is 23.6 Å². The van der Waals surface area contributed by atoms with Gasteiger partial charge in [0, 0.05) is 24.2 Å². The quantitative estimate of drug-likeness (QED) is 0.612. The first-order valence-corrected chi connectivity index (χ1v) is 9.24. The molecular formula is C21H20FN3O5. The number of nitrogens with zero attached hydrogens (tertiary/aromatic N) is 3. The number of aromatic nitrogens is 2. The van der Waals surface area contributed by atoms with Crippen LogP contribution in [-0.4, -0.2) is 43.9 Å². The molecule has 4 rings (SSSR count). The van der Waals surface area contributed by atoms with Crippen molar-refractivity contribution in [3.63, 3.8) is 0 Å². The molecular weight excluding hydrogens is 393 g/mol. The molecule has 0 radical (unpaired) electrons. The molecule has 8 nitrogen and oxygen atoms in total. The maximum absolute atomic E-state index is 13.2. The monoisotopic (exact) mass is 413 g/mol. The minimum absolute atomic E-state index is 0.0841. The SMILES string of the molecule is COc1cc(-c2noc([C@H]3CC(=O)N(c4ccc(F)cc4)C3)n2)cc(OC)c1OC. The second-order valence-corrected chi connectivity index (χ2v) is 6.75. The number of carbonyl (C=O) groups is 1. The van der Waals surface area contributed by atoms with E-state index in [1.807, 2.05) is 0 Å². The standard InChI is InChI=1S/C21H20FN3O5/c1-27-16-8-12(9-17(28-2)19(16)29-3)20-23-21(30-24-20)13-10-18(26)25(11-13)15-6-4-14(22)5-7-15/h4-9,13H,10-11H2,1-3H3/t13-/m0/s1. The molecule has 0 aliphatic carbocycles. The highest BCUT2D eigenvalue weighted by Crippen LogP contribution is 2.41. The molecule has 3 aromatic rings. The summed E-state index contributed by atoms with van der Waals surface area (Å²) in [7, 11) is 4.57. The molecule has 0 unspecified atom stereocenters. The van der Waals surface area contributed by atoms with E-state index >= 15 is 0 Å². The van der Waals surface area contributed by atoms with Crippen molar-refractivity contribution in [1.29, 1.82) is 0 Å². The summed E-state index contributed by atoms with van der Waals surface area (Å²) in [5.74, 6) is 1.41. The first-order chi connectivity index (χ1) is 14.5. The van der Waals surface area contributed by atoms with Crippen molar-refractivity contribution in [2.45, 2.75) is 12.3 Å². The number of carbonyl (C=O) groups excluding carboxylic acids is 1. The molecule has 0 N–H and O–H groups in total. The van der Waals surface area contributed by atoms with E-state index in [4.69, 9.17) is 18.7 Å². The summed E-state index contributed by atoms with van der Waals surface area (Å²) in [5.41, 5.74) is 1.26. The fourth-order valence-corrected chi connectivity index (χ4v) is 3.47. The Morgan fingerprint density at radius 3 is 2.33 bits per heavy atom. The van der Waals surface area contributed by atoms with Crippen molar-refractivity contribution < 1.29 is 27.9 Å². The van der Waals surface area contributed by atoms with Crippen molar-refractivity contribution in [3.05, 3.63) is 48.1 Å². The number of hydrogen-bond donors (Lipinski definition) is 0. The zero-order valence-electron chi connectivity index (χ0n) is 16.7. The number of rotatable bonds is 6. The Balaban J connectivity index is 1.59. The van der Waals surface area contributed by atoms with E-state index in [-0.39, 0.29) is 24.1 Å². The molecule has 156 valence electrons. The third kappa shape index (κ3) is 3.54. The zero-order chi connectivity index (χ0) is 21.3. The molecule has 0 spiro atoms. The second-order valence-electron chi connectivity index (χ2n) is 6.75. The number of ether oxygens (including phenoxy) is 3. The molecule has 2 heterocycles. The highest BCUT2D eigenvalue weighted by atomic mass is 19.1. The van der Waals surface area contributed by atoms with Crippen molar-refractivity contribution in [3.8, 4) is 28.6 Å². The van der Waals surface area contributed by atoms with Gasteiger partial charge in [-0.05, 0) is 36.4 Å². The van der Waals surface area contributed by atoms with Crippen molar-refractivity contribution in [1.82, 2.24) is 10.1 Å². The Morgan fingerprint density at radius 2 is 1.73 bits per heavy atom. The number of methoxy groups -OCH3 is 3. The van der Waals surface area contributed by atoms with Gasteiger partial charge in [0.15, 0.2) is 11.5 Å². The lowest BCUT2D eigenvalue weighted by atomic mass is 10.1. The van der Waals surface area contributed by atoms with Crippen LogP contribution >= 0.6 is 0 Å². The van der Waals surface area contributed by atoms with Gasteiger partial charge in [-0.1, -0.05) is 5.16 Å². The molecule has 1 aliphatic rings. The molecule has 1 fully saturated rings. The van der Waals surface area contributed by atoms with Crippen LogP contribution in [0.4, 0.5) is 10.1 Å². The zero-order valence-corrected chi connectivity index (χ0v) is 16.7. The average Bonchev–Trinajstić information content (AvgIpc) is 3.40. The fourth-order valence-electron chi connectivity index (χ4n) is 3.47. The number of amides is 1. The van der Waals surface area contributed by atoms with Gasteiger partial charge in [0.2, 0.25) is 23.4 Å². The Bertz CT molecular complexity index is 1040. The Labute approximate surface area is 172 Å². The maximum Gasteiger partial charge on any atom is 0.232 e. The Morgan fingerprint density at radius 1 is 1.07 bits per heavy atom. The number of benzene rings is 2. The lowest BCUT2D eigenvalue weighted by molar-refractivity contribution is -0.117. The van der Waals surface area contributed by atoms with Crippen LogP contribution in [0.3, 0.4) is 0 Å². The lowest BCUT2D eigenvalue weighted by Crippen LogP contribution is -2.24. The predicted molar refractivity (Wildman–Crippen MR) is 106 cm³/mol. The summed E-state index contributed by atoms with van der Waals surface area (Å²) >= 11 is 0. The van der Waals surface area contributed by atoms with Gasteiger partial charge in [0.05, 0.1) is 27.2 Å². The summed E-state index contributed by atoms with van der Waals surface area (Å²) in [4.78, 5) is 18.5. The molecule has 0 bridgehead atoms. The van der Waals surface area contributed by atoms with E-state index in [9.17, 15) is 9.18 Å². The van der Waals surface area contributed by atoms with Crippen LogP contribution in [-0.2, 0) is 4.79 Å². The summed E-state index contributed by atoms with van der Waals surface area (Å²) in [6.07, 6.45) is 0.230. The lowest BCUT2D eigenvalue weighted by Gasteiger charge is -2.15. The highest BCUT2D eigenvalue weighted by molar-refractivity contribution is 5.96. The molecule has 1 aromatic heterocycles. The summed E-state index contributed by atoms with van der Waals surface area (Å²) in [5, 5.41) is 4.05. The number of anilines is 1. The molecule has 1 atom stereocenters. The van der Waals surface area contributed by atoms with Gasteiger partial charge in [0.25, 0.3) is 0 Å². The van der Waals surface area contributed by atoms with Crippen LogP contribution in [0.2, 0.25) is 0 Å². The minimum Gasteiger partial charge on any atom is -0.493 e. The van der Waals surface area contributed by atoms with Crippen LogP contribution < -0.4 is 19.1 Å². The summed E-state index contributed by atoms with van der Waals surface area (Å²) in [6.45, 7) is 0.376. The van der Waals surface area contributed by atoms with Crippen molar-refractivity contribution in [2.75, 3.05) is 32.8 Å². The van der Waals surface area contributed by atoms with Gasteiger partial charge in [0.1, 0.15) is 5.82 Å². The third-order valence-electron chi connectivity index (χ3n) is 4.98. The van der Waals surface area contributed by atoms with Crippen LogP contribution in [0, 0.1) is 5.82 Å². The normalized spacial score (nSPS) is 16.1. The first-order valence-electron chi connectivity index (χ1n) is 9.24. The van der Waals surface area contributed by atoms with E-state index in [0.717, 1.165) is 0 Å². The van der Waals surface area contributed by atoms with Crippen LogP contribution in [0.1, 0.15) is 18.2 Å². The predicted octanol–water partition coefficient (Wildman–Crippen LogP) is 3.42. The molecule has 1 amide bonds. The maximum atomic E-state index is 13.2. The van der Waals surface area contributed by atoms with Crippen LogP contribution in [0.5, 0.6) is 17.2 Å². The van der Waals surface area contributed by atoms with Gasteiger partial charge in [-0.15, -0.1) is 0 Å². The number of hydrogen-bond acceptors (Lipinski definition) is 7. The molecule has 30 heavy (non-hydrogen) atoms. The third-order valence-corrected chi connectivity index (χ3v) is 4.98. The Kier molecular flexibility index (Phi) is 5.26. The van der Waals surface area contributed by atoms with Gasteiger partial charge in [-0.2, -0.15) is 4.98 Å². The molecule has 0 saturated carbocycles. The Hall–Kier alpha value is -3.62. The fraction of sp³-hybridized carbons (Fsp3) is 0.286. The molecule has 1 aliphatic heterocycles. The first kappa shape index (κ1) is 19.7. The smallest absolute Gasteiger partial charge is 0.232 e. The number of halogens is 1. The second kappa shape index (κ2) is 8.02. The van der Waals surface area contributed by atoms with Gasteiger partial charge in [-0.25, -0.2) is 4.39 Å². The van der Waals surface area contributed by atoms with Gasteiger partial charge in [-0.3, -0.25) is 4.79 Å². The van der Waals surface area contributed by atoms with E-state index in [1.54, 1.807) is 29.2 Å². The average molecular weight is 413 g/mol. The van der Waals surface area contributed by atoms with E-state index < -0.39 is 0 Å². The summed E-state index contributed by atoms with van der Waals surface area (Å²) in [6, 6.07) is 9.24. The van der Waals surface area contributed by atoms with E-state index in [2.05, 4.69) is 10.1 Å². The molecule has 1 saturated heterocycles. The van der Waals surface area contributed by atoms with Crippen molar-refractivity contribution >= 4 is 11.6 Å². The minimum atomic E-state index is -0.353. The molecule has 9 heteroatoms. The molecule has 2 aromatic carbocycles. The highest BCUT2D eigenvalue weighted by Gasteiger charge is 2.35. The van der Waals surface area contributed by atoms with E-state index in [0.29, 0.717) is 46.8 Å². The largest absolute Gasteiger partial charge is 0.493 e. The van der Waals surface area contributed by atoms with Crippen LogP contribution in [0.25, 0.3) is 11.4 Å². The van der Waals surface area contributed by atoms with Crippen molar-refractivity contribution in [2.24, 2.45) is 0 Å².